The SMILES string of the molecule is CCNC(=NCCn1cc([N+](=O)[O-])cn1)NC1CCN(Cc2cc(OC)cc(OC)c2)C1.I. The summed E-state index contributed by atoms with van der Waals surface area (Å²) in [6, 6.07) is 6.23. The lowest BCUT2D eigenvalue weighted by atomic mass is 10.2. The number of benzene rings is 1. The predicted octanol–water partition coefficient (Wildman–Crippen LogP) is 2.26. The van der Waals surface area contributed by atoms with Crippen molar-refractivity contribution < 1.29 is 14.4 Å². The van der Waals surface area contributed by atoms with Gasteiger partial charge in [0.1, 0.15) is 23.9 Å². The monoisotopic (exact) mass is 573 g/mol. The van der Waals surface area contributed by atoms with Gasteiger partial charge in [-0.1, -0.05) is 0 Å². The maximum absolute atomic E-state index is 10.8. The lowest BCUT2D eigenvalue weighted by Gasteiger charge is -2.19. The number of hydrogen-bond donors (Lipinski definition) is 2. The molecule has 12 heteroatoms. The smallest absolute Gasteiger partial charge is 0.306 e. The molecule has 1 aliphatic rings. The van der Waals surface area contributed by atoms with Gasteiger partial charge in [0, 0.05) is 38.3 Å². The van der Waals surface area contributed by atoms with E-state index in [0.717, 1.165) is 55.6 Å². The molecule has 1 fully saturated rings. The number of aliphatic imine (C=N–C) groups is 1. The van der Waals surface area contributed by atoms with Crippen LogP contribution in [-0.2, 0) is 13.1 Å². The van der Waals surface area contributed by atoms with Gasteiger partial charge in [-0.3, -0.25) is 24.7 Å². The van der Waals surface area contributed by atoms with Crippen LogP contribution in [0.4, 0.5) is 5.69 Å². The van der Waals surface area contributed by atoms with Crippen LogP contribution in [0.15, 0.2) is 35.6 Å². The quantitative estimate of drug-likeness (QED) is 0.146. The van der Waals surface area contributed by atoms with E-state index in [0.29, 0.717) is 13.1 Å². The van der Waals surface area contributed by atoms with Crippen LogP contribution in [0, 0.1) is 10.1 Å². The van der Waals surface area contributed by atoms with Gasteiger partial charge < -0.3 is 20.1 Å². The van der Waals surface area contributed by atoms with E-state index in [1.807, 2.05) is 25.1 Å². The van der Waals surface area contributed by atoms with E-state index >= 15 is 0 Å². The molecular formula is C21H32IN7O4. The summed E-state index contributed by atoms with van der Waals surface area (Å²) in [5, 5.41) is 21.5. The number of nitrogens with zero attached hydrogens (tertiary/aromatic N) is 5. The fourth-order valence-corrected chi connectivity index (χ4v) is 3.66. The highest BCUT2D eigenvalue weighted by molar-refractivity contribution is 14.0. The molecule has 0 spiro atoms. The Hall–Kier alpha value is -2.61. The Balaban J connectivity index is 0.00000385. The maximum atomic E-state index is 10.8. The summed E-state index contributed by atoms with van der Waals surface area (Å²) >= 11 is 0. The Bertz CT molecular complexity index is 915. The van der Waals surface area contributed by atoms with Gasteiger partial charge in [-0.25, -0.2) is 0 Å². The van der Waals surface area contributed by atoms with E-state index < -0.39 is 4.92 Å². The molecule has 0 amide bonds. The van der Waals surface area contributed by atoms with E-state index in [-0.39, 0.29) is 35.7 Å². The van der Waals surface area contributed by atoms with Crippen molar-refractivity contribution in [3.05, 3.63) is 46.3 Å². The minimum Gasteiger partial charge on any atom is -0.497 e. The van der Waals surface area contributed by atoms with E-state index in [4.69, 9.17) is 9.47 Å². The number of aromatic nitrogens is 2. The van der Waals surface area contributed by atoms with Crippen molar-refractivity contribution in [2.75, 3.05) is 40.4 Å². The fourth-order valence-electron chi connectivity index (χ4n) is 3.66. The highest BCUT2D eigenvalue weighted by Gasteiger charge is 2.23. The third-order valence-electron chi connectivity index (χ3n) is 5.20. The topological polar surface area (TPSA) is 119 Å². The molecule has 182 valence electrons. The van der Waals surface area contributed by atoms with Gasteiger partial charge in [0.2, 0.25) is 0 Å². The molecule has 1 saturated heterocycles. The van der Waals surface area contributed by atoms with Crippen LogP contribution >= 0.6 is 24.0 Å². The van der Waals surface area contributed by atoms with E-state index in [1.165, 1.54) is 17.1 Å². The molecular weight excluding hydrogens is 541 g/mol. The minimum absolute atomic E-state index is 0. The number of likely N-dealkylation sites (tertiary alicyclic amines) is 1. The molecule has 0 radical (unpaired) electrons. The molecule has 0 saturated carbocycles. The van der Waals surface area contributed by atoms with Crippen molar-refractivity contribution in [3.8, 4) is 11.5 Å². The zero-order chi connectivity index (χ0) is 22.9. The summed E-state index contributed by atoms with van der Waals surface area (Å²) < 4.78 is 12.3. The number of guanidine groups is 1. The number of methoxy groups -OCH3 is 2. The molecule has 33 heavy (non-hydrogen) atoms. The number of halogens is 1. The Morgan fingerprint density at radius 2 is 2.03 bits per heavy atom. The fraction of sp³-hybridized carbons (Fsp3) is 0.524. The minimum atomic E-state index is -0.453. The van der Waals surface area contributed by atoms with Crippen molar-refractivity contribution in [1.29, 1.82) is 0 Å². The normalized spacial score (nSPS) is 16.2. The highest BCUT2D eigenvalue weighted by Crippen LogP contribution is 2.24. The van der Waals surface area contributed by atoms with Gasteiger partial charge >= 0.3 is 5.69 Å². The molecule has 1 aromatic carbocycles. The number of hydrogen-bond acceptors (Lipinski definition) is 7. The molecule has 11 nitrogen and oxygen atoms in total. The Morgan fingerprint density at radius 1 is 1.30 bits per heavy atom. The largest absolute Gasteiger partial charge is 0.497 e. The van der Waals surface area contributed by atoms with Gasteiger partial charge in [-0.2, -0.15) is 5.10 Å². The molecule has 2 heterocycles. The highest BCUT2D eigenvalue weighted by atomic mass is 127. The molecule has 0 bridgehead atoms. The van der Waals surface area contributed by atoms with Crippen LogP contribution in [0.5, 0.6) is 11.5 Å². The van der Waals surface area contributed by atoms with Gasteiger partial charge in [0.15, 0.2) is 5.96 Å². The Morgan fingerprint density at radius 3 is 2.64 bits per heavy atom. The first-order valence-corrected chi connectivity index (χ1v) is 10.7. The summed E-state index contributed by atoms with van der Waals surface area (Å²) in [5.41, 5.74) is 1.13. The predicted molar refractivity (Wildman–Crippen MR) is 137 cm³/mol. The second-order valence-corrected chi connectivity index (χ2v) is 7.57. The van der Waals surface area contributed by atoms with Gasteiger partial charge in [-0.05, 0) is 31.0 Å². The Labute approximate surface area is 210 Å². The summed E-state index contributed by atoms with van der Waals surface area (Å²) in [7, 11) is 3.31. The zero-order valence-electron chi connectivity index (χ0n) is 19.2. The molecule has 0 aliphatic carbocycles. The molecule has 1 atom stereocenters. The second kappa shape index (κ2) is 13.2. The van der Waals surface area contributed by atoms with Gasteiger partial charge in [0.25, 0.3) is 0 Å². The van der Waals surface area contributed by atoms with Crippen LogP contribution in [0.1, 0.15) is 18.9 Å². The number of ether oxygens (including phenoxy) is 2. The molecule has 1 unspecified atom stereocenters. The summed E-state index contributed by atoms with van der Waals surface area (Å²) in [4.78, 5) is 17.3. The van der Waals surface area contributed by atoms with Crippen LogP contribution < -0.4 is 20.1 Å². The first-order chi connectivity index (χ1) is 15.5. The number of nitro groups is 1. The van der Waals surface area contributed by atoms with Crippen molar-refractivity contribution in [2.24, 2.45) is 4.99 Å². The third kappa shape index (κ3) is 8.03. The molecule has 3 rings (SSSR count). The van der Waals surface area contributed by atoms with Gasteiger partial charge in [0.05, 0.1) is 32.2 Å². The summed E-state index contributed by atoms with van der Waals surface area (Å²) in [5.74, 6) is 2.32. The lowest BCUT2D eigenvalue weighted by Crippen LogP contribution is -2.44. The van der Waals surface area contributed by atoms with Crippen molar-refractivity contribution in [3.63, 3.8) is 0 Å². The van der Waals surface area contributed by atoms with Crippen LogP contribution in [0.3, 0.4) is 0 Å². The molecule has 1 aliphatic heterocycles. The average Bonchev–Trinajstić information content (AvgIpc) is 3.43. The van der Waals surface area contributed by atoms with Crippen LogP contribution in [0.25, 0.3) is 0 Å². The van der Waals surface area contributed by atoms with E-state index in [9.17, 15) is 10.1 Å². The second-order valence-electron chi connectivity index (χ2n) is 7.57. The van der Waals surface area contributed by atoms with Crippen LogP contribution in [0.2, 0.25) is 0 Å². The first-order valence-electron chi connectivity index (χ1n) is 10.7. The Kier molecular flexibility index (Phi) is 10.6. The first kappa shape index (κ1) is 26.6. The molecule has 1 aromatic heterocycles. The van der Waals surface area contributed by atoms with Crippen LogP contribution in [-0.4, -0.2) is 72.0 Å². The third-order valence-corrected chi connectivity index (χ3v) is 5.20. The molecule has 2 aromatic rings. The summed E-state index contributed by atoms with van der Waals surface area (Å²) in [6.07, 6.45) is 3.67. The zero-order valence-corrected chi connectivity index (χ0v) is 21.5. The van der Waals surface area contributed by atoms with Crippen molar-refractivity contribution >= 4 is 35.6 Å². The maximum Gasteiger partial charge on any atom is 0.306 e. The van der Waals surface area contributed by atoms with Crippen molar-refractivity contribution in [2.45, 2.75) is 32.5 Å². The lowest BCUT2D eigenvalue weighted by molar-refractivity contribution is -0.385. The number of nitrogens with one attached hydrogen (secondary N) is 2. The molecule has 2 N–H and O–H groups in total. The number of rotatable bonds is 10. The van der Waals surface area contributed by atoms with E-state index in [1.54, 1.807) is 14.2 Å². The average molecular weight is 573 g/mol. The van der Waals surface area contributed by atoms with Gasteiger partial charge in [-0.15, -0.1) is 24.0 Å². The summed E-state index contributed by atoms with van der Waals surface area (Å²) in [6.45, 7) is 6.40. The van der Waals surface area contributed by atoms with E-state index in [2.05, 4.69) is 25.6 Å². The standard InChI is InChI=1S/C21H31N7O4.HI/c1-4-22-21(23-6-8-27-15-18(12-24-27)28(29)30)25-17-5-7-26(14-17)13-16-9-19(31-2)11-20(10-16)32-3;/h9-12,15,17H,4-8,13-14H2,1-3H3,(H2,22,23,25);1H. The van der Waals surface area contributed by atoms with Crippen molar-refractivity contribution in [1.82, 2.24) is 25.3 Å².